The van der Waals surface area contributed by atoms with Crippen LogP contribution in [0.25, 0.3) is 5.70 Å². The van der Waals surface area contributed by atoms with Gasteiger partial charge in [0.1, 0.15) is 18.1 Å². The van der Waals surface area contributed by atoms with E-state index in [0.717, 1.165) is 6.08 Å². The molecule has 28 heavy (non-hydrogen) atoms. The number of carbonyl (C=O) groups is 2. The van der Waals surface area contributed by atoms with E-state index in [1.54, 1.807) is 13.2 Å². The molecule has 8 nitrogen and oxygen atoms in total. The second kappa shape index (κ2) is 9.33. The Morgan fingerprint density at radius 2 is 1.75 bits per heavy atom. The van der Waals surface area contributed by atoms with Crippen molar-refractivity contribution < 1.29 is 24.2 Å². The summed E-state index contributed by atoms with van der Waals surface area (Å²) >= 11 is 0. The van der Waals surface area contributed by atoms with Gasteiger partial charge in [0.2, 0.25) is 5.78 Å². The molecule has 0 bridgehead atoms. The SMILES string of the molecule is COCCOc1ccc(C(=N)C(=O)C=C(N)c2ccc(C(=O)O)cc2)c(N)c1. The summed E-state index contributed by atoms with van der Waals surface area (Å²) in [5.41, 5.74) is 12.7. The van der Waals surface area contributed by atoms with Gasteiger partial charge in [0.05, 0.1) is 12.2 Å². The number of hydrogen-bond acceptors (Lipinski definition) is 7. The monoisotopic (exact) mass is 383 g/mol. The number of rotatable bonds is 9. The van der Waals surface area contributed by atoms with Crippen LogP contribution in [0, 0.1) is 5.41 Å². The minimum Gasteiger partial charge on any atom is -0.491 e. The molecular weight excluding hydrogens is 362 g/mol. The predicted octanol–water partition coefficient (Wildman–Crippen LogP) is 1.93. The molecule has 0 radical (unpaired) electrons. The first-order chi connectivity index (χ1) is 13.3. The van der Waals surface area contributed by atoms with Crippen molar-refractivity contribution in [3.8, 4) is 5.75 Å². The molecule has 146 valence electrons. The number of benzene rings is 2. The third-order valence-electron chi connectivity index (χ3n) is 3.85. The summed E-state index contributed by atoms with van der Waals surface area (Å²) < 4.78 is 10.3. The molecule has 0 saturated carbocycles. The molecule has 0 amide bonds. The zero-order chi connectivity index (χ0) is 20.7. The zero-order valence-electron chi connectivity index (χ0n) is 15.3. The fourth-order valence-corrected chi connectivity index (χ4v) is 2.34. The number of carboxylic acid groups (broad SMARTS) is 1. The molecule has 0 saturated heterocycles. The van der Waals surface area contributed by atoms with Gasteiger partial charge in [-0.1, -0.05) is 12.1 Å². The quantitative estimate of drug-likeness (QED) is 0.224. The van der Waals surface area contributed by atoms with E-state index in [1.165, 1.54) is 36.4 Å². The van der Waals surface area contributed by atoms with E-state index in [9.17, 15) is 9.59 Å². The third-order valence-corrected chi connectivity index (χ3v) is 3.85. The number of ether oxygens (including phenoxy) is 2. The molecule has 0 unspecified atom stereocenters. The van der Waals surface area contributed by atoms with Crippen LogP contribution < -0.4 is 16.2 Å². The number of methoxy groups -OCH3 is 1. The minimum atomic E-state index is -1.06. The number of nitrogens with two attached hydrogens (primary N) is 2. The van der Waals surface area contributed by atoms with Crippen molar-refractivity contribution in [2.75, 3.05) is 26.1 Å². The first kappa shape index (κ1) is 20.7. The highest BCUT2D eigenvalue weighted by molar-refractivity contribution is 6.50. The van der Waals surface area contributed by atoms with Crippen molar-refractivity contribution in [3.63, 3.8) is 0 Å². The lowest BCUT2D eigenvalue weighted by atomic mass is 10.0. The molecule has 0 atom stereocenters. The van der Waals surface area contributed by atoms with Gasteiger partial charge >= 0.3 is 5.97 Å². The number of aromatic carboxylic acids is 1. The highest BCUT2D eigenvalue weighted by Crippen LogP contribution is 2.21. The Hall–Kier alpha value is -3.65. The molecule has 0 aliphatic heterocycles. The smallest absolute Gasteiger partial charge is 0.335 e. The van der Waals surface area contributed by atoms with E-state index in [0.29, 0.717) is 24.5 Å². The second-order valence-corrected chi connectivity index (χ2v) is 5.81. The molecule has 8 heteroatoms. The maximum absolute atomic E-state index is 12.4. The van der Waals surface area contributed by atoms with Gasteiger partial charge in [-0.2, -0.15) is 0 Å². The highest BCUT2D eigenvalue weighted by Gasteiger charge is 2.14. The van der Waals surface area contributed by atoms with E-state index < -0.39 is 11.8 Å². The topological polar surface area (TPSA) is 149 Å². The normalized spacial score (nSPS) is 11.1. The second-order valence-electron chi connectivity index (χ2n) is 5.81. The minimum absolute atomic E-state index is 0.108. The molecule has 0 heterocycles. The highest BCUT2D eigenvalue weighted by atomic mass is 16.5. The van der Waals surface area contributed by atoms with Gasteiger partial charge < -0.3 is 26.0 Å². The lowest BCUT2D eigenvalue weighted by molar-refractivity contribution is -0.108. The maximum atomic E-state index is 12.4. The van der Waals surface area contributed by atoms with Crippen molar-refractivity contribution in [2.45, 2.75) is 0 Å². The number of hydrogen-bond donors (Lipinski definition) is 4. The average Bonchev–Trinajstić information content (AvgIpc) is 2.67. The standard InChI is InChI=1S/C20H21N3O5/c1-27-8-9-28-14-6-7-15(17(22)10-14)19(23)18(24)11-16(21)12-2-4-13(5-3-12)20(25)26/h2-7,10-11,23H,8-9,21-22H2,1H3,(H,25,26). The van der Waals surface area contributed by atoms with Crippen molar-refractivity contribution in [1.29, 1.82) is 5.41 Å². The Bertz CT molecular complexity index is 920. The fourth-order valence-electron chi connectivity index (χ4n) is 2.34. The largest absolute Gasteiger partial charge is 0.491 e. The van der Waals surface area contributed by atoms with Crippen LogP contribution in [-0.2, 0) is 9.53 Å². The number of nitrogens with one attached hydrogen (secondary N) is 1. The zero-order valence-corrected chi connectivity index (χ0v) is 15.3. The average molecular weight is 383 g/mol. The van der Waals surface area contributed by atoms with Crippen LogP contribution in [-0.4, -0.2) is 42.9 Å². The lowest BCUT2D eigenvalue weighted by Crippen LogP contribution is -2.15. The van der Waals surface area contributed by atoms with Gasteiger partial charge in [0.25, 0.3) is 0 Å². The van der Waals surface area contributed by atoms with E-state index >= 15 is 0 Å². The third kappa shape index (κ3) is 5.18. The molecule has 0 aromatic heterocycles. The van der Waals surface area contributed by atoms with Gasteiger partial charge in [0.15, 0.2) is 0 Å². The molecule has 2 aromatic rings. The Balaban J connectivity index is 2.13. The van der Waals surface area contributed by atoms with Crippen LogP contribution in [0.4, 0.5) is 5.69 Å². The van der Waals surface area contributed by atoms with Crippen molar-refractivity contribution in [2.24, 2.45) is 5.73 Å². The van der Waals surface area contributed by atoms with E-state index in [1.807, 2.05) is 0 Å². The van der Waals surface area contributed by atoms with E-state index in [-0.39, 0.29) is 28.2 Å². The first-order valence-electron chi connectivity index (χ1n) is 8.29. The van der Waals surface area contributed by atoms with Crippen molar-refractivity contribution in [1.82, 2.24) is 0 Å². The Morgan fingerprint density at radius 1 is 1.11 bits per heavy atom. The summed E-state index contributed by atoms with van der Waals surface area (Å²) in [6, 6.07) is 10.4. The predicted molar refractivity (Wildman–Crippen MR) is 106 cm³/mol. The van der Waals surface area contributed by atoms with Crippen LogP contribution in [0.2, 0.25) is 0 Å². The van der Waals surface area contributed by atoms with Crippen molar-refractivity contribution in [3.05, 3.63) is 65.2 Å². The van der Waals surface area contributed by atoms with Crippen LogP contribution in [0.3, 0.4) is 0 Å². The molecule has 0 aliphatic rings. The van der Waals surface area contributed by atoms with Gasteiger partial charge in [0, 0.05) is 36.2 Å². The lowest BCUT2D eigenvalue weighted by Gasteiger charge is -2.10. The Morgan fingerprint density at radius 3 is 2.32 bits per heavy atom. The molecule has 2 aromatic carbocycles. The molecule has 2 rings (SSSR count). The fraction of sp³-hybridized carbons (Fsp3) is 0.150. The summed E-state index contributed by atoms with van der Waals surface area (Å²) in [5, 5.41) is 17.0. The first-order valence-corrected chi connectivity index (χ1v) is 8.29. The van der Waals surface area contributed by atoms with Crippen molar-refractivity contribution >= 4 is 28.8 Å². The number of nitrogen functional groups attached to an aromatic ring is 1. The molecule has 0 spiro atoms. The summed E-state index contributed by atoms with van der Waals surface area (Å²) in [6.07, 6.45) is 1.11. The van der Waals surface area contributed by atoms with E-state index in [4.69, 9.17) is 31.5 Å². The molecule has 0 aliphatic carbocycles. The number of carboxylic acids is 1. The molecular formula is C20H21N3O5. The number of carbonyl (C=O) groups excluding carboxylic acids is 1. The van der Waals surface area contributed by atoms with Crippen LogP contribution in [0.15, 0.2) is 48.5 Å². The number of ketones is 1. The summed E-state index contributed by atoms with van der Waals surface area (Å²) in [7, 11) is 1.56. The summed E-state index contributed by atoms with van der Waals surface area (Å²) in [6.45, 7) is 0.777. The van der Waals surface area contributed by atoms with Gasteiger partial charge in [-0.3, -0.25) is 10.2 Å². The van der Waals surface area contributed by atoms with Crippen LogP contribution >= 0.6 is 0 Å². The van der Waals surface area contributed by atoms with Crippen LogP contribution in [0.5, 0.6) is 5.75 Å². The van der Waals surface area contributed by atoms with Gasteiger partial charge in [-0.05, 0) is 29.8 Å². The van der Waals surface area contributed by atoms with Gasteiger partial charge in [-0.25, -0.2) is 4.79 Å². The van der Waals surface area contributed by atoms with Gasteiger partial charge in [-0.15, -0.1) is 0 Å². The Kier molecular flexibility index (Phi) is 6.89. The summed E-state index contributed by atoms with van der Waals surface area (Å²) in [5.74, 6) is -1.18. The van der Waals surface area contributed by atoms with Crippen LogP contribution in [0.1, 0.15) is 21.5 Å². The molecule has 0 fully saturated rings. The molecule has 6 N–H and O–H groups in total. The maximum Gasteiger partial charge on any atom is 0.335 e. The number of anilines is 1. The van der Waals surface area contributed by atoms with E-state index in [2.05, 4.69) is 0 Å². The summed E-state index contributed by atoms with van der Waals surface area (Å²) in [4.78, 5) is 23.3. The Labute approximate surface area is 161 Å². The number of allylic oxidation sites excluding steroid dienone is 1.